The standard InChI is InChI=1S/C14H19N3O4S/c1-16(2)13-12(14(18)19)11-5-6-17(8-9(11)7-15-13)22(20,21)10-3-4-10/h7,10H,3-6,8H2,1-2H3,(H,18,19). The Morgan fingerprint density at radius 3 is 2.64 bits per heavy atom. The molecule has 120 valence electrons. The lowest BCUT2D eigenvalue weighted by molar-refractivity contribution is 0.0695. The number of fused-ring (bicyclic) bond motifs is 1. The smallest absolute Gasteiger partial charge is 0.339 e. The van der Waals surface area contributed by atoms with Gasteiger partial charge in [0.15, 0.2) is 0 Å². The molecule has 0 spiro atoms. The Morgan fingerprint density at radius 2 is 2.09 bits per heavy atom. The fourth-order valence-corrected chi connectivity index (χ4v) is 4.68. The zero-order valence-electron chi connectivity index (χ0n) is 12.6. The number of pyridine rings is 1. The fraction of sp³-hybridized carbons (Fsp3) is 0.571. The molecule has 3 rings (SSSR count). The number of carboxylic acids is 1. The lowest BCUT2D eigenvalue weighted by atomic mass is 9.97. The van der Waals surface area contributed by atoms with Gasteiger partial charge in [0.1, 0.15) is 11.4 Å². The van der Waals surface area contributed by atoms with Gasteiger partial charge in [-0.2, -0.15) is 4.31 Å². The van der Waals surface area contributed by atoms with Crippen molar-refractivity contribution in [2.24, 2.45) is 0 Å². The second kappa shape index (κ2) is 5.20. The van der Waals surface area contributed by atoms with Gasteiger partial charge in [0.05, 0.1) is 5.25 Å². The van der Waals surface area contributed by atoms with Gasteiger partial charge < -0.3 is 10.0 Å². The molecular formula is C14H19N3O4S. The molecule has 1 aromatic heterocycles. The molecule has 0 saturated heterocycles. The van der Waals surface area contributed by atoms with E-state index < -0.39 is 16.0 Å². The second-order valence-electron chi connectivity index (χ2n) is 5.99. The van der Waals surface area contributed by atoms with Gasteiger partial charge in [0, 0.05) is 33.4 Å². The molecule has 1 aromatic rings. The first kappa shape index (κ1) is 15.2. The Balaban J connectivity index is 1.99. The molecule has 7 nitrogen and oxygen atoms in total. The van der Waals surface area contributed by atoms with Gasteiger partial charge in [-0.05, 0) is 30.4 Å². The van der Waals surface area contributed by atoms with Crippen molar-refractivity contribution in [2.45, 2.75) is 31.1 Å². The van der Waals surface area contributed by atoms with Gasteiger partial charge >= 0.3 is 5.97 Å². The number of carboxylic acid groups (broad SMARTS) is 1. The van der Waals surface area contributed by atoms with Crippen molar-refractivity contribution in [1.29, 1.82) is 0 Å². The van der Waals surface area contributed by atoms with Crippen LogP contribution in [0.15, 0.2) is 6.20 Å². The van der Waals surface area contributed by atoms with Gasteiger partial charge in [0.25, 0.3) is 0 Å². The van der Waals surface area contributed by atoms with Crippen LogP contribution in [0.25, 0.3) is 0 Å². The summed E-state index contributed by atoms with van der Waals surface area (Å²) in [4.78, 5) is 17.5. The third-order valence-electron chi connectivity index (χ3n) is 4.16. The number of aromatic carboxylic acids is 1. The molecule has 1 aliphatic heterocycles. The molecule has 0 atom stereocenters. The van der Waals surface area contributed by atoms with Gasteiger partial charge in [0.2, 0.25) is 10.0 Å². The van der Waals surface area contributed by atoms with Crippen molar-refractivity contribution in [1.82, 2.24) is 9.29 Å². The van der Waals surface area contributed by atoms with E-state index in [1.807, 2.05) is 0 Å². The molecule has 1 saturated carbocycles. The molecule has 0 radical (unpaired) electrons. The monoisotopic (exact) mass is 325 g/mol. The number of rotatable bonds is 4. The van der Waals surface area contributed by atoms with E-state index >= 15 is 0 Å². The second-order valence-corrected chi connectivity index (χ2v) is 8.20. The largest absolute Gasteiger partial charge is 0.478 e. The molecule has 0 bridgehead atoms. The predicted octanol–water partition coefficient (Wildman–Crippen LogP) is 0.696. The van der Waals surface area contributed by atoms with Crippen LogP contribution >= 0.6 is 0 Å². The maximum absolute atomic E-state index is 12.3. The molecule has 0 amide bonds. The lowest BCUT2D eigenvalue weighted by Crippen LogP contribution is -2.39. The molecule has 2 heterocycles. The van der Waals surface area contributed by atoms with Crippen molar-refractivity contribution in [2.75, 3.05) is 25.5 Å². The minimum atomic E-state index is -3.24. The van der Waals surface area contributed by atoms with Gasteiger partial charge in [-0.1, -0.05) is 0 Å². The summed E-state index contributed by atoms with van der Waals surface area (Å²) in [6.07, 6.45) is 3.46. The van der Waals surface area contributed by atoms with E-state index in [1.165, 1.54) is 4.31 Å². The van der Waals surface area contributed by atoms with Crippen LogP contribution in [0.2, 0.25) is 0 Å². The Hall–Kier alpha value is -1.67. The van der Waals surface area contributed by atoms with Crippen LogP contribution < -0.4 is 4.90 Å². The van der Waals surface area contributed by atoms with E-state index in [4.69, 9.17) is 0 Å². The Kier molecular flexibility index (Phi) is 3.60. The summed E-state index contributed by atoms with van der Waals surface area (Å²) in [6.45, 7) is 0.554. The highest BCUT2D eigenvalue weighted by atomic mass is 32.2. The van der Waals surface area contributed by atoms with Crippen LogP contribution in [0.1, 0.15) is 34.3 Å². The van der Waals surface area contributed by atoms with E-state index in [-0.39, 0.29) is 17.4 Å². The van der Waals surface area contributed by atoms with E-state index in [1.54, 1.807) is 25.2 Å². The summed E-state index contributed by atoms with van der Waals surface area (Å²) in [6, 6.07) is 0. The van der Waals surface area contributed by atoms with Crippen molar-refractivity contribution >= 4 is 21.8 Å². The summed E-state index contributed by atoms with van der Waals surface area (Å²) in [5.74, 6) is -0.615. The maximum Gasteiger partial charge on any atom is 0.339 e. The molecule has 8 heteroatoms. The maximum atomic E-state index is 12.3. The summed E-state index contributed by atoms with van der Waals surface area (Å²) in [7, 11) is 0.244. The topological polar surface area (TPSA) is 90.8 Å². The fourth-order valence-electron chi connectivity index (χ4n) is 2.86. The lowest BCUT2D eigenvalue weighted by Gasteiger charge is -2.30. The molecule has 1 fully saturated rings. The summed E-state index contributed by atoms with van der Waals surface area (Å²) in [5, 5.41) is 9.25. The first-order valence-electron chi connectivity index (χ1n) is 7.22. The average Bonchev–Trinajstić information content (AvgIpc) is 3.29. The molecule has 0 aromatic carbocycles. The van der Waals surface area contributed by atoms with Crippen LogP contribution in [0.4, 0.5) is 5.82 Å². The summed E-state index contributed by atoms with van der Waals surface area (Å²) < 4.78 is 26.1. The van der Waals surface area contributed by atoms with Gasteiger partial charge in [-0.15, -0.1) is 0 Å². The molecule has 0 unspecified atom stereocenters. The number of anilines is 1. The Morgan fingerprint density at radius 1 is 1.41 bits per heavy atom. The molecular weight excluding hydrogens is 306 g/mol. The highest BCUT2D eigenvalue weighted by Gasteiger charge is 2.41. The van der Waals surface area contributed by atoms with E-state index in [0.717, 1.165) is 12.8 Å². The molecule has 1 N–H and O–H groups in total. The van der Waals surface area contributed by atoms with E-state index in [0.29, 0.717) is 29.9 Å². The van der Waals surface area contributed by atoms with Gasteiger partial charge in [-0.25, -0.2) is 18.2 Å². The van der Waals surface area contributed by atoms with Crippen LogP contribution in [-0.4, -0.2) is 54.7 Å². The van der Waals surface area contributed by atoms with E-state index in [2.05, 4.69) is 4.98 Å². The van der Waals surface area contributed by atoms with Crippen molar-refractivity contribution in [3.05, 3.63) is 22.9 Å². The normalized spacial score (nSPS) is 18.8. The molecule has 1 aliphatic carbocycles. The number of sulfonamides is 1. The van der Waals surface area contributed by atoms with Crippen molar-refractivity contribution in [3.63, 3.8) is 0 Å². The highest BCUT2D eigenvalue weighted by molar-refractivity contribution is 7.90. The van der Waals surface area contributed by atoms with E-state index in [9.17, 15) is 18.3 Å². The summed E-state index contributed by atoms with van der Waals surface area (Å²) >= 11 is 0. The zero-order chi connectivity index (χ0) is 16.1. The van der Waals surface area contributed by atoms with Crippen LogP contribution in [0.3, 0.4) is 0 Å². The number of aromatic nitrogens is 1. The third-order valence-corrected chi connectivity index (χ3v) is 6.50. The van der Waals surface area contributed by atoms with Crippen molar-refractivity contribution in [3.8, 4) is 0 Å². The first-order chi connectivity index (χ1) is 10.3. The quantitative estimate of drug-likeness (QED) is 0.876. The van der Waals surface area contributed by atoms with Crippen LogP contribution in [-0.2, 0) is 23.0 Å². The van der Waals surface area contributed by atoms with Crippen LogP contribution in [0.5, 0.6) is 0 Å². The number of nitrogens with zero attached hydrogens (tertiary/aromatic N) is 3. The third kappa shape index (κ3) is 2.46. The predicted molar refractivity (Wildman–Crippen MR) is 81.6 cm³/mol. The number of carbonyl (C=O) groups is 1. The Bertz CT molecular complexity index is 726. The Labute approximate surface area is 129 Å². The minimum absolute atomic E-state index is 0.186. The molecule has 2 aliphatic rings. The highest BCUT2D eigenvalue weighted by Crippen LogP contribution is 2.35. The first-order valence-corrected chi connectivity index (χ1v) is 8.73. The average molecular weight is 325 g/mol. The molecule has 22 heavy (non-hydrogen) atoms. The zero-order valence-corrected chi connectivity index (χ0v) is 13.4. The van der Waals surface area contributed by atoms with Crippen molar-refractivity contribution < 1.29 is 18.3 Å². The minimum Gasteiger partial charge on any atom is -0.478 e. The SMILES string of the molecule is CN(C)c1ncc2c(c1C(=O)O)CCN(S(=O)(=O)C1CC1)C2. The number of hydrogen-bond donors (Lipinski definition) is 1. The number of hydrogen-bond acceptors (Lipinski definition) is 5. The van der Waals surface area contributed by atoms with Gasteiger partial charge in [-0.3, -0.25) is 0 Å². The summed E-state index contributed by atoms with van der Waals surface area (Å²) in [5.41, 5.74) is 1.58. The van der Waals surface area contributed by atoms with Crippen LogP contribution in [0, 0.1) is 0 Å².